The van der Waals surface area contributed by atoms with E-state index in [0.29, 0.717) is 5.69 Å². The highest BCUT2D eigenvalue weighted by Crippen LogP contribution is 2.14. The number of nitrogen functional groups attached to an aromatic ring is 1. The van der Waals surface area contributed by atoms with Gasteiger partial charge in [-0.05, 0) is 32.9 Å². The molecule has 0 saturated carbocycles. The van der Waals surface area contributed by atoms with Crippen LogP contribution in [0, 0.1) is 20.8 Å². The van der Waals surface area contributed by atoms with Crippen LogP contribution in [0.3, 0.4) is 0 Å². The number of rotatable bonds is 1. The van der Waals surface area contributed by atoms with E-state index in [1.165, 1.54) is 0 Å². The Balaban J connectivity index is 2.55. The SMILES string of the molecule is Cc1nc(-n2cnc(C)c2C)ccc1N. The van der Waals surface area contributed by atoms with Crippen LogP contribution >= 0.6 is 0 Å². The number of nitrogens with two attached hydrogens (primary N) is 1. The molecule has 0 unspecified atom stereocenters. The van der Waals surface area contributed by atoms with Crippen molar-refractivity contribution in [3.63, 3.8) is 0 Å². The van der Waals surface area contributed by atoms with Crippen molar-refractivity contribution in [2.45, 2.75) is 20.8 Å². The Morgan fingerprint density at radius 2 is 1.87 bits per heavy atom. The molecule has 2 N–H and O–H groups in total. The lowest BCUT2D eigenvalue weighted by Gasteiger charge is -2.06. The summed E-state index contributed by atoms with van der Waals surface area (Å²) in [5.74, 6) is 0.861. The number of hydrogen-bond donors (Lipinski definition) is 1. The van der Waals surface area contributed by atoms with Crippen LogP contribution in [0.2, 0.25) is 0 Å². The molecule has 15 heavy (non-hydrogen) atoms. The molecule has 0 aliphatic heterocycles. The zero-order valence-corrected chi connectivity index (χ0v) is 9.15. The number of nitrogens with zero attached hydrogens (tertiary/aromatic N) is 3. The topological polar surface area (TPSA) is 56.7 Å². The quantitative estimate of drug-likeness (QED) is 0.766. The van der Waals surface area contributed by atoms with Gasteiger partial charge in [-0.2, -0.15) is 0 Å². The molecule has 2 aromatic heterocycles. The first-order chi connectivity index (χ1) is 7.09. The van der Waals surface area contributed by atoms with Gasteiger partial charge in [-0.1, -0.05) is 0 Å². The highest BCUT2D eigenvalue weighted by molar-refractivity contribution is 5.45. The molecule has 0 spiro atoms. The molecule has 4 nitrogen and oxygen atoms in total. The monoisotopic (exact) mass is 202 g/mol. The van der Waals surface area contributed by atoms with Gasteiger partial charge in [0.15, 0.2) is 0 Å². The van der Waals surface area contributed by atoms with Crippen molar-refractivity contribution < 1.29 is 0 Å². The van der Waals surface area contributed by atoms with Crippen molar-refractivity contribution in [1.29, 1.82) is 0 Å². The fraction of sp³-hybridized carbons (Fsp3) is 0.273. The molecule has 0 bridgehead atoms. The van der Waals surface area contributed by atoms with Crippen LogP contribution < -0.4 is 5.73 Å². The van der Waals surface area contributed by atoms with Crippen LogP contribution in [0.1, 0.15) is 17.1 Å². The van der Waals surface area contributed by atoms with E-state index in [1.807, 2.05) is 37.5 Å². The van der Waals surface area contributed by atoms with Crippen molar-refractivity contribution >= 4 is 5.69 Å². The van der Waals surface area contributed by atoms with E-state index >= 15 is 0 Å². The van der Waals surface area contributed by atoms with E-state index in [4.69, 9.17) is 5.73 Å². The van der Waals surface area contributed by atoms with Crippen LogP contribution in [-0.2, 0) is 0 Å². The first kappa shape index (κ1) is 9.71. The van der Waals surface area contributed by atoms with Crippen molar-refractivity contribution in [1.82, 2.24) is 14.5 Å². The van der Waals surface area contributed by atoms with Crippen LogP contribution in [0.25, 0.3) is 5.82 Å². The molecule has 78 valence electrons. The van der Waals surface area contributed by atoms with Crippen LogP contribution in [-0.4, -0.2) is 14.5 Å². The summed E-state index contributed by atoms with van der Waals surface area (Å²) in [6.07, 6.45) is 1.78. The van der Waals surface area contributed by atoms with Crippen LogP contribution in [0.4, 0.5) is 5.69 Å². The van der Waals surface area contributed by atoms with Gasteiger partial charge in [-0.25, -0.2) is 9.97 Å². The summed E-state index contributed by atoms with van der Waals surface area (Å²) in [5, 5.41) is 0. The predicted molar refractivity (Wildman–Crippen MR) is 60.0 cm³/mol. The Morgan fingerprint density at radius 1 is 1.13 bits per heavy atom. The lowest BCUT2D eigenvalue weighted by Crippen LogP contribution is -2.01. The zero-order valence-electron chi connectivity index (χ0n) is 9.15. The van der Waals surface area contributed by atoms with Gasteiger partial charge in [0, 0.05) is 5.69 Å². The summed E-state index contributed by atoms with van der Waals surface area (Å²) < 4.78 is 1.96. The van der Waals surface area contributed by atoms with Crippen molar-refractivity contribution in [2.24, 2.45) is 0 Å². The second-order valence-corrected chi connectivity index (χ2v) is 3.63. The third-order valence-corrected chi connectivity index (χ3v) is 2.61. The van der Waals surface area contributed by atoms with Gasteiger partial charge < -0.3 is 5.73 Å². The molecule has 0 saturated heterocycles. The maximum absolute atomic E-state index is 5.72. The molecule has 0 aliphatic rings. The van der Waals surface area contributed by atoms with Gasteiger partial charge in [0.2, 0.25) is 0 Å². The number of aromatic nitrogens is 3. The van der Waals surface area contributed by atoms with Gasteiger partial charge in [0.25, 0.3) is 0 Å². The van der Waals surface area contributed by atoms with E-state index in [-0.39, 0.29) is 0 Å². The Hall–Kier alpha value is -1.84. The van der Waals surface area contributed by atoms with Crippen molar-refractivity contribution in [3.8, 4) is 5.82 Å². The van der Waals surface area contributed by atoms with Crippen LogP contribution in [0.5, 0.6) is 0 Å². The molecular formula is C11H14N4. The van der Waals surface area contributed by atoms with Gasteiger partial charge in [-0.3, -0.25) is 4.57 Å². The minimum atomic E-state index is 0.716. The van der Waals surface area contributed by atoms with Gasteiger partial charge in [0.1, 0.15) is 12.1 Å². The first-order valence-electron chi connectivity index (χ1n) is 4.83. The second kappa shape index (κ2) is 3.38. The minimum Gasteiger partial charge on any atom is -0.397 e. The average molecular weight is 202 g/mol. The number of pyridine rings is 1. The largest absolute Gasteiger partial charge is 0.397 e. The van der Waals surface area contributed by atoms with Gasteiger partial charge >= 0.3 is 0 Å². The standard InChI is InChI=1S/C11H14N4/c1-7-9(3)15(6-13-7)11-5-4-10(12)8(2)14-11/h4-6H,12H2,1-3H3. The number of hydrogen-bond acceptors (Lipinski definition) is 3. The fourth-order valence-electron chi connectivity index (χ4n) is 1.42. The lowest BCUT2D eigenvalue weighted by molar-refractivity contribution is 0.939. The minimum absolute atomic E-state index is 0.716. The van der Waals surface area contributed by atoms with E-state index in [0.717, 1.165) is 22.9 Å². The predicted octanol–water partition coefficient (Wildman–Crippen LogP) is 1.77. The highest BCUT2D eigenvalue weighted by atomic mass is 15.1. The number of anilines is 1. The summed E-state index contributed by atoms with van der Waals surface area (Å²) in [5.41, 5.74) is 9.41. The molecule has 0 amide bonds. The zero-order chi connectivity index (χ0) is 11.0. The smallest absolute Gasteiger partial charge is 0.138 e. The Labute approximate surface area is 88.8 Å². The summed E-state index contributed by atoms with van der Waals surface area (Å²) in [6.45, 7) is 5.91. The molecular weight excluding hydrogens is 188 g/mol. The first-order valence-corrected chi connectivity index (χ1v) is 4.83. The third kappa shape index (κ3) is 1.58. The third-order valence-electron chi connectivity index (χ3n) is 2.61. The lowest BCUT2D eigenvalue weighted by atomic mass is 10.3. The molecule has 0 atom stereocenters. The van der Waals surface area contributed by atoms with Crippen molar-refractivity contribution in [2.75, 3.05) is 5.73 Å². The van der Waals surface area contributed by atoms with E-state index in [9.17, 15) is 0 Å². The Bertz CT molecular complexity index is 499. The molecule has 2 rings (SSSR count). The number of imidazole rings is 1. The Morgan fingerprint density at radius 3 is 2.40 bits per heavy atom. The molecule has 4 heteroatoms. The number of aryl methyl sites for hydroxylation is 2. The van der Waals surface area contributed by atoms with Gasteiger partial charge in [-0.15, -0.1) is 0 Å². The summed E-state index contributed by atoms with van der Waals surface area (Å²) >= 11 is 0. The van der Waals surface area contributed by atoms with Crippen molar-refractivity contribution in [3.05, 3.63) is 35.5 Å². The van der Waals surface area contributed by atoms with E-state index in [1.54, 1.807) is 6.33 Å². The van der Waals surface area contributed by atoms with Crippen LogP contribution in [0.15, 0.2) is 18.5 Å². The van der Waals surface area contributed by atoms with E-state index in [2.05, 4.69) is 9.97 Å². The maximum Gasteiger partial charge on any atom is 0.138 e. The summed E-state index contributed by atoms with van der Waals surface area (Å²) in [7, 11) is 0. The molecule has 0 radical (unpaired) electrons. The highest BCUT2D eigenvalue weighted by Gasteiger charge is 2.06. The second-order valence-electron chi connectivity index (χ2n) is 3.63. The molecule has 2 heterocycles. The average Bonchev–Trinajstić information content (AvgIpc) is 2.53. The summed E-state index contributed by atoms with van der Waals surface area (Å²) in [6, 6.07) is 3.77. The molecule has 0 aromatic carbocycles. The molecule has 2 aromatic rings. The molecule has 0 aliphatic carbocycles. The normalized spacial score (nSPS) is 10.6. The molecule has 0 fully saturated rings. The van der Waals surface area contributed by atoms with Gasteiger partial charge in [0.05, 0.1) is 17.1 Å². The maximum atomic E-state index is 5.72. The fourth-order valence-corrected chi connectivity index (χ4v) is 1.42. The Kier molecular flexibility index (Phi) is 2.19. The van der Waals surface area contributed by atoms with E-state index < -0.39 is 0 Å². The summed E-state index contributed by atoms with van der Waals surface area (Å²) in [4.78, 5) is 8.65.